The van der Waals surface area contributed by atoms with Crippen LogP contribution in [0.3, 0.4) is 0 Å². The number of phenols is 1. The second-order valence-electron chi connectivity index (χ2n) is 6.51. The van der Waals surface area contributed by atoms with Crippen LogP contribution in [-0.2, 0) is 6.54 Å². The zero-order chi connectivity index (χ0) is 18.3. The third-order valence-corrected chi connectivity index (χ3v) is 4.35. The van der Waals surface area contributed by atoms with Gasteiger partial charge in [-0.1, -0.05) is 6.07 Å². The lowest BCUT2D eigenvalue weighted by atomic mass is 10.0. The van der Waals surface area contributed by atoms with Gasteiger partial charge in [0.25, 0.3) is 0 Å². The molecule has 4 rings (SSSR count). The van der Waals surface area contributed by atoms with E-state index in [1.807, 2.05) is 25.1 Å². The highest BCUT2D eigenvalue weighted by Crippen LogP contribution is 2.35. The summed E-state index contributed by atoms with van der Waals surface area (Å²) in [5.41, 5.74) is 1.99. The summed E-state index contributed by atoms with van der Waals surface area (Å²) < 4.78 is 16.9. The van der Waals surface area contributed by atoms with Crippen molar-refractivity contribution >= 4 is 11.0 Å². The molecule has 1 aliphatic heterocycles. The van der Waals surface area contributed by atoms with Crippen molar-refractivity contribution in [2.45, 2.75) is 6.54 Å². The maximum Gasteiger partial charge on any atom is 0.200 e. The van der Waals surface area contributed by atoms with Gasteiger partial charge in [-0.05, 0) is 43.9 Å². The standard InChI is InChI=1S/C20H19NO5.ClH/c1-21(2)10-14-16(22)5-4-13-19(23)15(11-26-20(13)14)12-3-6-17-18(9-12)25-8-7-24-17;/h3-6,9,11,22H,7-8,10H2,1-2H3;1H/p-1. The first kappa shape index (κ1) is 19.1. The number of hydrogen-bond acceptors (Lipinski definition) is 6. The molecule has 0 fully saturated rings. The molecule has 0 bridgehead atoms. The third-order valence-electron chi connectivity index (χ3n) is 4.35. The van der Waals surface area contributed by atoms with E-state index >= 15 is 0 Å². The summed E-state index contributed by atoms with van der Waals surface area (Å²) >= 11 is 0. The van der Waals surface area contributed by atoms with Gasteiger partial charge in [-0.25, -0.2) is 0 Å². The first-order valence-corrected chi connectivity index (χ1v) is 8.35. The molecule has 27 heavy (non-hydrogen) atoms. The second kappa shape index (κ2) is 7.50. The Bertz CT molecular complexity index is 1040. The average molecular weight is 389 g/mol. The fourth-order valence-corrected chi connectivity index (χ4v) is 3.13. The van der Waals surface area contributed by atoms with Crippen molar-refractivity contribution in [1.82, 2.24) is 4.90 Å². The van der Waals surface area contributed by atoms with E-state index in [2.05, 4.69) is 0 Å². The minimum Gasteiger partial charge on any atom is -1.00 e. The minimum atomic E-state index is -0.150. The summed E-state index contributed by atoms with van der Waals surface area (Å²) in [6, 6.07) is 8.52. The van der Waals surface area contributed by atoms with E-state index in [9.17, 15) is 9.90 Å². The van der Waals surface area contributed by atoms with Crippen LogP contribution in [0.25, 0.3) is 22.1 Å². The summed E-state index contributed by atoms with van der Waals surface area (Å²) in [4.78, 5) is 14.9. The quantitative estimate of drug-likeness (QED) is 0.681. The van der Waals surface area contributed by atoms with Crippen molar-refractivity contribution in [3.05, 3.63) is 52.4 Å². The van der Waals surface area contributed by atoms with E-state index in [1.54, 1.807) is 18.2 Å². The van der Waals surface area contributed by atoms with E-state index < -0.39 is 0 Å². The normalized spacial score (nSPS) is 12.9. The van der Waals surface area contributed by atoms with Gasteiger partial charge in [-0.3, -0.25) is 4.79 Å². The van der Waals surface area contributed by atoms with Gasteiger partial charge in [0.1, 0.15) is 30.8 Å². The van der Waals surface area contributed by atoms with E-state index in [1.165, 1.54) is 12.3 Å². The van der Waals surface area contributed by atoms with Crippen LogP contribution >= 0.6 is 0 Å². The molecule has 0 unspecified atom stereocenters. The molecule has 0 atom stereocenters. The van der Waals surface area contributed by atoms with Gasteiger partial charge in [0.2, 0.25) is 5.43 Å². The number of nitrogens with zero attached hydrogens (tertiary/aromatic N) is 1. The third kappa shape index (κ3) is 3.46. The van der Waals surface area contributed by atoms with Gasteiger partial charge < -0.3 is 36.3 Å². The highest BCUT2D eigenvalue weighted by molar-refractivity contribution is 5.85. The molecule has 0 saturated carbocycles. The van der Waals surface area contributed by atoms with Crippen LogP contribution in [-0.4, -0.2) is 37.3 Å². The van der Waals surface area contributed by atoms with E-state index in [0.717, 1.165) is 0 Å². The Morgan fingerprint density at radius 2 is 1.81 bits per heavy atom. The Hall–Kier alpha value is -2.70. The number of ether oxygens (including phenoxy) is 2. The number of halogens is 1. The largest absolute Gasteiger partial charge is 1.00 e. The number of rotatable bonds is 3. The minimum absolute atomic E-state index is 0. The Kier molecular flexibility index (Phi) is 5.30. The summed E-state index contributed by atoms with van der Waals surface area (Å²) in [5.74, 6) is 1.40. The average Bonchev–Trinajstić information content (AvgIpc) is 2.64. The van der Waals surface area contributed by atoms with E-state index in [0.29, 0.717) is 58.9 Å². The molecule has 2 heterocycles. The summed E-state index contributed by atoms with van der Waals surface area (Å²) in [6.07, 6.45) is 1.44. The van der Waals surface area contributed by atoms with Gasteiger partial charge in [-0.15, -0.1) is 0 Å². The van der Waals surface area contributed by atoms with Gasteiger partial charge in [0.15, 0.2) is 11.5 Å². The van der Waals surface area contributed by atoms with Crippen molar-refractivity contribution in [3.63, 3.8) is 0 Å². The monoisotopic (exact) mass is 388 g/mol. The highest BCUT2D eigenvalue weighted by Gasteiger charge is 2.18. The molecule has 1 aromatic heterocycles. The molecule has 0 spiro atoms. The first-order chi connectivity index (χ1) is 12.5. The predicted molar refractivity (Wildman–Crippen MR) is 98.0 cm³/mol. The molecule has 2 aromatic carbocycles. The highest BCUT2D eigenvalue weighted by atomic mass is 35.5. The lowest BCUT2D eigenvalue weighted by Gasteiger charge is -2.19. The molecular weight excluding hydrogens is 370 g/mol. The van der Waals surface area contributed by atoms with Gasteiger partial charge in [-0.2, -0.15) is 0 Å². The van der Waals surface area contributed by atoms with Crippen molar-refractivity contribution in [2.24, 2.45) is 0 Å². The molecule has 0 aliphatic carbocycles. The number of fused-ring (bicyclic) bond motifs is 2. The van der Waals surface area contributed by atoms with Crippen molar-refractivity contribution < 1.29 is 31.4 Å². The topological polar surface area (TPSA) is 72.1 Å². The maximum absolute atomic E-state index is 13.0. The van der Waals surface area contributed by atoms with E-state index in [-0.39, 0.29) is 23.6 Å². The van der Waals surface area contributed by atoms with Crippen LogP contribution in [0.5, 0.6) is 17.2 Å². The van der Waals surface area contributed by atoms with Crippen LogP contribution < -0.4 is 27.3 Å². The van der Waals surface area contributed by atoms with Crippen molar-refractivity contribution in [1.29, 1.82) is 0 Å². The Morgan fingerprint density at radius 1 is 1.07 bits per heavy atom. The summed E-state index contributed by atoms with van der Waals surface area (Å²) in [7, 11) is 3.78. The molecule has 3 aromatic rings. The second-order valence-corrected chi connectivity index (χ2v) is 6.51. The fourth-order valence-electron chi connectivity index (χ4n) is 3.13. The van der Waals surface area contributed by atoms with Crippen LogP contribution in [0.15, 0.2) is 45.8 Å². The van der Waals surface area contributed by atoms with Gasteiger partial charge >= 0.3 is 0 Å². The zero-order valence-corrected chi connectivity index (χ0v) is 15.7. The Morgan fingerprint density at radius 3 is 2.56 bits per heavy atom. The van der Waals surface area contributed by atoms with Crippen molar-refractivity contribution in [3.8, 4) is 28.4 Å². The molecular formula is C20H19ClNO5-. The molecule has 0 saturated heterocycles. The van der Waals surface area contributed by atoms with Crippen LogP contribution in [0.1, 0.15) is 5.56 Å². The zero-order valence-electron chi connectivity index (χ0n) is 15.0. The molecule has 7 heteroatoms. The van der Waals surface area contributed by atoms with E-state index in [4.69, 9.17) is 13.9 Å². The molecule has 1 aliphatic rings. The number of benzene rings is 2. The Balaban J connectivity index is 0.00000210. The summed E-state index contributed by atoms with van der Waals surface area (Å²) in [5, 5.41) is 10.6. The fraction of sp³-hybridized carbons (Fsp3) is 0.250. The number of aromatic hydroxyl groups is 1. The van der Waals surface area contributed by atoms with Crippen LogP contribution in [0.2, 0.25) is 0 Å². The van der Waals surface area contributed by atoms with Gasteiger partial charge in [0, 0.05) is 6.54 Å². The van der Waals surface area contributed by atoms with Crippen LogP contribution in [0, 0.1) is 0 Å². The molecule has 142 valence electrons. The Labute approximate surface area is 162 Å². The summed E-state index contributed by atoms with van der Waals surface area (Å²) in [6.45, 7) is 1.47. The predicted octanol–water partition coefficient (Wildman–Crippen LogP) is 0.00240. The van der Waals surface area contributed by atoms with Crippen molar-refractivity contribution in [2.75, 3.05) is 27.3 Å². The maximum atomic E-state index is 13.0. The first-order valence-electron chi connectivity index (χ1n) is 8.35. The van der Waals surface area contributed by atoms with Crippen LogP contribution in [0.4, 0.5) is 0 Å². The number of phenolic OH excluding ortho intramolecular Hbond substituents is 1. The molecule has 0 amide bonds. The smallest absolute Gasteiger partial charge is 0.200 e. The lowest BCUT2D eigenvalue weighted by molar-refractivity contribution is -0.00000729. The molecule has 0 radical (unpaired) electrons. The molecule has 6 nitrogen and oxygen atoms in total. The number of hydrogen-bond donors (Lipinski definition) is 1. The SMILES string of the molecule is CN(C)Cc1c(O)ccc2c(=O)c(-c3ccc4c(c3)OCCO4)coc12.[Cl-]. The van der Waals surface area contributed by atoms with Gasteiger partial charge in [0.05, 0.1) is 16.5 Å². The lowest BCUT2D eigenvalue weighted by Crippen LogP contribution is -3.00. The molecule has 1 N–H and O–H groups in total.